The highest BCUT2D eigenvalue weighted by atomic mass is 32.1. The fourth-order valence-electron chi connectivity index (χ4n) is 5.11. The van der Waals surface area contributed by atoms with E-state index in [2.05, 4.69) is 10.2 Å². The van der Waals surface area contributed by atoms with E-state index in [0.29, 0.717) is 45.2 Å². The molecule has 1 saturated heterocycles. The summed E-state index contributed by atoms with van der Waals surface area (Å²) in [5.74, 6) is -0.189. The Balaban J connectivity index is 0.000000952. The molecule has 0 unspecified atom stereocenters. The van der Waals surface area contributed by atoms with Gasteiger partial charge in [0.1, 0.15) is 26.9 Å². The van der Waals surface area contributed by atoms with Crippen LogP contribution in [0.15, 0.2) is 40.2 Å². The van der Waals surface area contributed by atoms with Gasteiger partial charge in [0.05, 0.1) is 38.1 Å². The summed E-state index contributed by atoms with van der Waals surface area (Å²) in [7, 11) is 1.50. The van der Waals surface area contributed by atoms with E-state index in [9.17, 15) is 18.8 Å². The van der Waals surface area contributed by atoms with Gasteiger partial charge in [0.15, 0.2) is 0 Å². The van der Waals surface area contributed by atoms with E-state index in [1.807, 2.05) is 0 Å². The third-order valence-corrected chi connectivity index (χ3v) is 8.49. The van der Waals surface area contributed by atoms with E-state index >= 15 is 0 Å². The SMILES string of the molecule is COc1ccc(F)cc1CCn1c(=O)n(C(C)(C)C(=O)N2CCCC2)c(=O)c2c(C)c(-n3nccn3)sc21.OCCO. The van der Waals surface area contributed by atoms with Crippen molar-refractivity contribution in [2.75, 3.05) is 33.4 Å². The Morgan fingerprint density at radius 2 is 1.76 bits per heavy atom. The van der Waals surface area contributed by atoms with Crippen molar-refractivity contribution in [2.45, 2.75) is 52.1 Å². The molecule has 226 valence electrons. The number of aromatic nitrogens is 5. The topological polar surface area (TPSA) is 145 Å². The van der Waals surface area contributed by atoms with Crippen LogP contribution < -0.4 is 16.0 Å². The van der Waals surface area contributed by atoms with Gasteiger partial charge in [0.25, 0.3) is 5.56 Å². The molecule has 4 aromatic rings. The lowest BCUT2D eigenvalue weighted by molar-refractivity contribution is -0.138. The van der Waals surface area contributed by atoms with Crippen LogP contribution in [0.25, 0.3) is 15.2 Å². The number of hydrogen-bond acceptors (Lipinski definition) is 9. The Bertz CT molecular complexity index is 1670. The minimum Gasteiger partial charge on any atom is -0.496 e. The number of aliphatic hydroxyl groups is 2. The van der Waals surface area contributed by atoms with Gasteiger partial charge in [-0.05, 0) is 63.8 Å². The number of likely N-dealkylation sites (tertiary alicyclic amines) is 1. The molecule has 1 aliphatic rings. The zero-order valence-corrected chi connectivity index (χ0v) is 24.9. The molecule has 1 fully saturated rings. The van der Waals surface area contributed by atoms with Crippen molar-refractivity contribution < 1.29 is 24.1 Å². The minimum absolute atomic E-state index is 0.125. The average molecular weight is 603 g/mol. The van der Waals surface area contributed by atoms with Gasteiger partial charge >= 0.3 is 5.69 Å². The molecule has 1 amide bonds. The second kappa shape index (κ2) is 13.0. The third-order valence-electron chi connectivity index (χ3n) is 7.21. The fraction of sp³-hybridized carbons (Fsp3) is 0.464. The molecule has 0 radical (unpaired) electrons. The molecule has 42 heavy (non-hydrogen) atoms. The number of rotatable bonds is 8. The summed E-state index contributed by atoms with van der Waals surface area (Å²) in [5, 5.41) is 24.6. The van der Waals surface area contributed by atoms with E-state index in [-0.39, 0.29) is 32.1 Å². The van der Waals surface area contributed by atoms with Crippen LogP contribution >= 0.6 is 11.3 Å². The largest absolute Gasteiger partial charge is 0.496 e. The van der Waals surface area contributed by atoms with Gasteiger partial charge in [0.2, 0.25) is 5.91 Å². The third kappa shape index (κ3) is 5.87. The van der Waals surface area contributed by atoms with Crippen LogP contribution in [0.4, 0.5) is 4.39 Å². The highest BCUT2D eigenvalue weighted by molar-refractivity contribution is 7.21. The van der Waals surface area contributed by atoms with Crippen LogP contribution in [0.1, 0.15) is 37.8 Å². The van der Waals surface area contributed by atoms with E-state index in [1.54, 1.807) is 31.7 Å². The Hall–Kier alpha value is -3.88. The van der Waals surface area contributed by atoms with Gasteiger partial charge in [-0.25, -0.2) is 13.8 Å². The first-order chi connectivity index (χ1) is 20.1. The fourth-order valence-corrected chi connectivity index (χ4v) is 6.35. The molecule has 2 N–H and O–H groups in total. The predicted molar refractivity (Wildman–Crippen MR) is 156 cm³/mol. The van der Waals surface area contributed by atoms with Gasteiger partial charge in [-0.3, -0.25) is 14.2 Å². The zero-order valence-electron chi connectivity index (χ0n) is 24.0. The number of methoxy groups -OCH3 is 1. The standard InChI is InChI=1S/C26H29FN6O4S.C2H6O2/c1-16-20-21(34)32(26(2,3)24(35)30-12-5-6-13-30)25(36)31(23(20)38-22(16)33-28-10-11-29-33)14-9-17-15-18(27)7-8-19(17)37-4;3-1-2-4/h7-8,10-11,15H,5-6,9,12-14H2,1-4H3;3-4H,1-2H2. The van der Waals surface area contributed by atoms with E-state index in [1.165, 1.54) is 52.3 Å². The zero-order chi connectivity index (χ0) is 30.6. The molecule has 0 saturated carbocycles. The number of thiophene rings is 1. The maximum atomic E-state index is 14.0. The Labute approximate surface area is 245 Å². The molecule has 1 aliphatic heterocycles. The van der Waals surface area contributed by atoms with Crippen molar-refractivity contribution in [1.82, 2.24) is 29.0 Å². The highest BCUT2D eigenvalue weighted by Crippen LogP contribution is 2.31. The van der Waals surface area contributed by atoms with Crippen molar-refractivity contribution in [3.8, 4) is 10.8 Å². The number of hydrogen-bond donors (Lipinski definition) is 2. The van der Waals surface area contributed by atoms with Gasteiger partial charge in [-0.15, -0.1) is 4.80 Å². The molecule has 5 rings (SSSR count). The number of carbonyl (C=O) groups is 1. The van der Waals surface area contributed by atoms with Gasteiger partial charge in [-0.1, -0.05) is 11.3 Å². The van der Waals surface area contributed by atoms with Crippen LogP contribution in [0.3, 0.4) is 0 Å². The Kier molecular flexibility index (Phi) is 9.59. The maximum Gasteiger partial charge on any atom is 0.333 e. The number of aliphatic hydroxyl groups excluding tert-OH is 2. The molecule has 3 aromatic heterocycles. The lowest BCUT2D eigenvalue weighted by Gasteiger charge is -2.31. The first-order valence-corrected chi connectivity index (χ1v) is 14.4. The molecule has 14 heteroatoms. The summed E-state index contributed by atoms with van der Waals surface area (Å²) in [6.07, 6.45) is 5.10. The number of aryl methyl sites for hydroxylation is 3. The monoisotopic (exact) mass is 602 g/mol. The molecule has 0 atom stereocenters. The van der Waals surface area contributed by atoms with Crippen LogP contribution in [-0.2, 0) is 23.3 Å². The number of carbonyl (C=O) groups excluding carboxylic acids is 1. The number of benzene rings is 1. The van der Waals surface area contributed by atoms with Crippen LogP contribution in [0.2, 0.25) is 0 Å². The quantitative estimate of drug-likeness (QED) is 0.311. The van der Waals surface area contributed by atoms with Crippen LogP contribution in [-0.4, -0.2) is 78.6 Å². The van der Waals surface area contributed by atoms with E-state index in [4.69, 9.17) is 14.9 Å². The molecule has 12 nitrogen and oxygen atoms in total. The smallest absolute Gasteiger partial charge is 0.333 e. The van der Waals surface area contributed by atoms with Gasteiger partial charge < -0.3 is 19.8 Å². The molecule has 0 aliphatic carbocycles. The second-order valence-corrected chi connectivity index (χ2v) is 11.3. The summed E-state index contributed by atoms with van der Waals surface area (Å²) in [6, 6.07) is 4.22. The number of ether oxygens (including phenoxy) is 1. The number of nitrogens with zero attached hydrogens (tertiary/aromatic N) is 6. The number of halogens is 1. The molecular weight excluding hydrogens is 567 g/mol. The first-order valence-electron chi connectivity index (χ1n) is 13.6. The van der Waals surface area contributed by atoms with Crippen LogP contribution in [0, 0.1) is 12.7 Å². The van der Waals surface area contributed by atoms with Crippen molar-refractivity contribution in [3.63, 3.8) is 0 Å². The minimum atomic E-state index is -1.41. The average Bonchev–Trinajstić information content (AvgIpc) is 3.75. The van der Waals surface area contributed by atoms with E-state index < -0.39 is 22.6 Å². The number of fused-ring (bicyclic) bond motifs is 1. The van der Waals surface area contributed by atoms with Gasteiger partial charge in [-0.2, -0.15) is 10.2 Å². The van der Waals surface area contributed by atoms with Crippen molar-refractivity contribution in [1.29, 1.82) is 0 Å². The maximum absolute atomic E-state index is 14.0. The van der Waals surface area contributed by atoms with E-state index in [0.717, 1.165) is 17.4 Å². The summed E-state index contributed by atoms with van der Waals surface area (Å²) < 4.78 is 22.0. The summed E-state index contributed by atoms with van der Waals surface area (Å²) in [5.41, 5.74) is -1.35. The molecule has 0 spiro atoms. The predicted octanol–water partition coefficient (Wildman–Crippen LogP) is 1.83. The van der Waals surface area contributed by atoms with Crippen LogP contribution in [0.5, 0.6) is 5.75 Å². The molecular formula is C28H35FN6O6S. The second-order valence-electron chi connectivity index (χ2n) is 10.3. The number of amides is 1. The van der Waals surface area contributed by atoms with Gasteiger partial charge in [0, 0.05) is 25.2 Å². The van der Waals surface area contributed by atoms with Crippen molar-refractivity contribution >= 4 is 27.5 Å². The Morgan fingerprint density at radius 3 is 2.36 bits per heavy atom. The first kappa shape index (κ1) is 31.1. The highest BCUT2D eigenvalue weighted by Gasteiger charge is 2.39. The molecule has 0 bridgehead atoms. The molecule has 1 aromatic carbocycles. The molecule has 4 heterocycles. The summed E-state index contributed by atoms with van der Waals surface area (Å²) in [4.78, 5) is 45.1. The summed E-state index contributed by atoms with van der Waals surface area (Å²) >= 11 is 1.22. The normalized spacial score (nSPS) is 13.4. The van der Waals surface area contributed by atoms with Crippen molar-refractivity contribution in [3.05, 3.63) is 68.4 Å². The lowest BCUT2D eigenvalue weighted by atomic mass is 10.0. The van der Waals surface area contributed by atoms with Crippen molar-refractivity contribution in [2.24, 2.45) is 0 Å². The Morgan fingerprint density at radius 1 is 1.12 bits per heavy atom. The summed E-state index contributed by atoms with van der Waals surface area (Å²) in [6.45, 7) is 6.08. The lowest BCUT2D eigenvalue weighted by Crippen LogP contribution is -2.56.